The summed E-state index contributed by atoms with van der Waals surface area (Å²) in [5.41, 5.74) is 2.21. The van der Waals surface area contributed by atoms with Crippen LogP contribution in [-0.4, -0.2) is 34.2 Å². The van der Waals surface area contributed by atoms with Crippen LogP contribution < -0.4 is 0 Å². The minimum absolute atomic E-state index is 0.00308. The predicted molar refractivity (Wildman–Crippen MR) is 99.3 cm³/mol. The van der Waals surface area contributed by atoms with Crippen molar-refractivity contribution in [2.75, 3.05) is 6.54 Å². The maximum Gasteiger partial charge on any atom is 0.414 e. The van der Waals surface area contributed by atoms with Crippen molar-refractivity contribution < 1.29 is 19.4 Å². The van der Waals surface area contributed by atoms with Crippen molar-refractivity contribution in [3.8, 4) is 0 Å². The molecule has 138 valence electrons. The maximum absolute atomic E-state index is 12.2. The van der Waals surface area contributed by atoms with E-state index in [4.69, 9.17) is 9.84 Å². The number of allylic oxidation sites excluding steroid dienone is 1. The minimum atomic E-state index is -0.852. The summed E-state index contributed by atoms with van der Waals surface area (Å²) in [6.45, 7) is 10.2. The third-order valence-electron chi connectivity index (χ3n) is 3.44. The molecule has 1 N–H and O–H groups in total. The number of ether oxygens (including phenoxy) is 1. The second-order valence-electron chi connectivity index (χ2n) is 6.70. The number of benzene rings is 1. The van der Waals surface area contributed by atoms with Gasteiger partial charge in [0.2, 0.25) is 0 Å². The van der Waals surface area contributed by atoms with Crippen LogP contribution in [0.25, 0.3) is 5.57 Å². The van der Waals surface area contributed by atoms with E-state index >= 15 is 0 Å². The van der Waals surface area contributed by atoms with Crippen molar-refractivity contribution in [1.82, 2.24) is 4.90 Å². The molecule has 0 aromatic heterocycles. The fraction of sp³-hybridized carbons (Fsp3) is 0.500. The lowest BCUT2D eigenvalue weighted by atomic mass is 9.97. The van der Waals surface area contributed by atoms with E-state index in [2.05, 4.69) is 0 Å². The molecule has 1 aromatic rings. The number of aliphatic carboxylic acids is 1. The van der Waals surface area contributed by atoms with Gasteiger partial charge in [-0.25, -0.2) is 4.79 Å². The second-order valence-corrected chi connectivity index (χ2v) is 6.70. The van der Waals surface area contributed by atoms with Gasteiger partial charge in [0.05, 0.1) is 6.42 Å². The molecule has 1 aliphatic rings. The van der Waals surface area contributed by atoms with E-state index < -0.39 is 11.6 Å². The fourth-order valence-electron chi connectivity index (χ4n) is 2.50. The van der Waals surface area contributed by atoms with Crippen LogP contribution in [0.4, 0.5) is 4.79 Å². The molecule has 25 heavy (non-hydrogen) atoms. The molecule has 2 rings (SSSR count). The van der Waals surface area contributed by atoms with E-state index in [0.29, 0.717) is 6.54 Å². The van der Waals surface area contributed by atoms with Crippen LogP contribution in [0, 0.1) is 0 Å². The number of carboxylic acid groups (broad SMARTS) is 1. The first kappa shape index (κ1) is 20.7. The zero-order valence-corrected chi connectivity index (χ0v) is 15.8. The summed E-state index contributed by atoms with van der Waals surface area (Å²) < 4.78 is 5.40. The van der Waals surface area contributed by atoms with Gasteiger partial charge in [0, 0.05) is 12.7 Å². The lowest BCUT2D eigenvalue weighted by molar-refractivity contribution is -0.136. The molecule has 1 amide bonds. The maximum atomic E-state index is 12.2. The Hall–Kier alpha value is -2.30. The zero-order chi connectivity index (χ0) is 19.0. The lowest BCUT2D eigenvalue weighted by Crippen LogP contribution is -2.35. The summed E-state index contributed by atoms with van der Waals surface area (Å²) in [6.07, 6.45) is 3.18. The zero-order valence-electron chi connectivity index (χ0n) is 15.8. The monoisotopic (exact) mass is 347 g/mol. The predicted octanol–water partition coefficient (Wildman–Crippen LogP) is 4.71. The molecule has 0 unspecified atom stereocenters. The number of hydrogen-bond acceptors (Lipinski definition) is 3. The first-order valence-corrected chi connectivity index (χ1v) is 8.76. The summed E-state index contributed by atoms with van der Waals surface area (Å²) in [5.74, 6) is -0.852. The Bertz CT molecular complexity index is 629. The van der Waals surface area contributed by atoms with Gasteiger partial charge in [0.25, 0.3) is 0 Å². The first-order chi connectivity index (χ1) is 11.7. The number of carbonyl (C=O) groups is 2. The molecule has 0 saturated heterocycles. The Labute approximate surface area is 150 Å². The van der Waals surface area contributed by atoms with Gasteiger partial charge < -0.3 is 9.84 Å². The SMILES string of the molecule is CC.CC(C)(C)OC(=O)N1C=C(c2cccc(CC(=O)O)c2)CCC1. The van der Waals surface area contributed by atoms with Crippen molar-refractivity contribution >= 4 is 17.6 Å². The van der Waals surface area contributed by atoms with E-state index in [0.717, 1.165) is 29.5 Å². The number of nitrogens with zero attached hydrogens (tertiary/aromatic N) is 1. The highest BCUT2D eigenvalue weighted by Gasteiger charge is 2.23. The Morgan fingerprint density at radius 2 is 1.92 bits per heavy atom. The quantitative estimate of drug-likeness (QED) is 0.860. The molecule has 5 heteroatoms. The molecule has 1 aliphatic heterocycles. The summed E-state index contributed by atoms with van der Waals surface area (Å²) in [7, 11) is 0. The van der Waals surface area contributed by atoms with Gasteiger partial charge in [-0.05, 0) is 50.3 Å². The van der Waals surface area contributed by atoms with Crippen LogP contribution in [0.5, 0.6) is 0 Å². The van der Waals surface area contributed by atoms with Crippen LogP contribution in [-0.2, 0) is 16.0 Å². The Morgan fingerprint density at radius 1 is 1.24 bits per heavy atom. The molecule has 0 fully saturated rings. The molecule has 0 bridgehead atoms. The number of amides is 1. The molecular formula is C20H29NO4. The van der Waals surface area contributed by atoms with Crippen LogP contribution in [0.15, 0.2) is 30.5 Å². The van der Waals surface area contributed by atoms with Gasteiger partial charge in [0.15, 0.2) is 0 Å². The minimum Gasteiger partial charge on any atom is -0.481 e. The highest BCUT2D eigenvalue weighted by atomic mass is 16.6. The van der Waals surface area contributed by atoms with Crippen molar-refractivity contribution in [3.63, 3.8) is 0 Å². The molecule has 0 spiro atoms. The number of rotatable bonds is 3. The highest BCUT2D eigenvalue weighted by molar-refractivity contribution is 5.76. The van der Waals surface area contributed by atoms with Crippen LogP contribution >= 0.6 is 0 Å². The number of carbonyl (C=O) groups excluding carboxylic acids is 1. The molecule has 0 atom stereocenters. The fourth-order valence-corrected chi connectivity index (χ4v) is 2.50. The third-order valence-corrected chi connectivity index (χ3v) is 3.44. The van der Waals surface area contributed by atoms with E-state index in [9.17, 15) is 9.59 Å². The summed E-state index contributed by atoms with van der Waals surface area (Å²) in [5, 5.41) is 8.91. The first-order valence-electron chi connectivity index (χ1n) is 8.76. The van der Waals surface area contributed by atoms with E-state index in [1.54, 1.807) is 11.0 Å². The Balaban J connectivity index is 0.00000151. The van der Waals surface area contributed by atoms with Crippen molar-refractivity contribution in [3.05, 3.63) is 41.6 Å². The van der Waals surface area contributed by atoms with Crippen LogP contribution in [0.1, 0.15) is 58.6 Å². The highest BCUT2D eigenvalue weighted by Crippen LogP contribution is 2.26. The molecule has 0 aliphatic carbocycles. The molecule has 0 radical (unpaired) electrons. The average Bonchev–Trinajstić information content (AvgIpc) is 2.55. The van der Waals surface area contributed by atoms with Gasteiger partial charge in [-0.2, -0.15) is 0 Å². The lowest BCUT2D eigenvalue weighted by Gasteiger charge is -2.28. The molecule has 1 aromatic carbocycles. The molecule has 0 saturated carbocycles. The van der Waals surface area contributed by atoms with Gasteiger partial charge in [0.1, 0.15) is 5.60 Å². The number of hydrogen-bond donors (Lipinski definition) is 1. The summed E-state index contributed by atoms with van der Waals surface area (Å²) >= 11 is 0. The average molecular weight is 347 g/mol. The Morgan fingerprint density at radius 3 is 2.52 bits per heavy atom. The van der Waals surface area contributed by atoms with Gasteiger partial charge in [-0.15, -0.1) is 0 Å². The molecular weight excluding hydrogens is 318 g/mol. The second kappa shape index (κ2) is 9.25. The molecule has 1 heterocycles. The van der Waals surface area contributed by atoms with Gasteiger partial charge in [-0.1, -0.05) is 38.1 Å². The number of carboxylic acids is 1. The van der Waals surface area contributed by atoms with Crippen LogP contribution in [0.3, 0.4) is 0 Å². The van der Waals surface area contributed by atoms with Crippen molar-refractivity contribution in [2.45, 2.75) is 59.5 Å². The largest absolute Gasteiger partial charge is 0.481 e. The smallest absolute Gasteiger partial charge is 0.414 e. The van der Waals surface area contributed by atoms with Gasteiger partial charge >= 0.3 is 12.1 Å². The third kappa shape index (κ3) is 6.99. The Kier molecular flexibility index (Phi) is 7.68. The normalized spacial score (nSPS) is 14.1. The van der Waals surface area contributed by atoms with Crippen molar-refractivity contribution in [2.24, 2.45) is 0 Å². The van der Waals surface area contributed by atoms with E-state index in [1.165, 1.54) is 0 Å². The van der Waals surface area contributed by atoms with Gasteiger partial charge in [-0.3, -0.25) is 9.69 Å². The topological polar surface area (TPSA) is 66.8 Å². The van der Waals surface area contributed by atoms with E-state index in [-0.39, 0.29) is 12.5 Å². The standard InChI is InChI=1S/C18H23NO4.C2H6/c1-18(2,3)23-17(22)19-9-5-8-15(12-19)14-7-4-6-13(10-14)11-16(20)21;1-2/h4,6-7,10,12H,5,8-9,11H2,1-3H3,(H,20,21);1-2H3. The molecule has 5 nitrogen and oxygen atoms in total. The summed E-state index contributed by atoms with van der Waals surface area (Å²) in [4.78, 5) is 24.6. The van der Waals surface area contributed by atoms with Crippen molar-refractivity contribution in [1.29, 1.82) is 0 Å². The van der Waals surface area contributed by atoms with E-state index in [1.807, 2.05) is 59.0 Å². The van der Waals surface area contributed by atoms with Crippen LogP contribution in [0.2, 0.25) is 0 Å². The summed E-state index contributed by atoms with van der Waals surface area (Å²) in [6, 6.07) is 7.46.